The van der Waals surface area contributed by atoms with Crippen molar-refractivity contribution in [2.24, 2.45) is 0 Å². The van der Waals surface area contributed by atoms with E-state index in [1.54, 1.807) is 21.9 Å². The molecule has 0 saturated carbocycles. The molecule has 1 saturated heterocycles. The molecular formula is C22H26FN3O2. The van der Waals surface area contributed by atoms with Crippen LogP contribution in [0.1, 0.15) is 18.1 Å². The molecule has 2 amide bonds. The predicted molar refractivity (Wildman–Crippen MR) is 109 cm³/mol. The van der Waals surface area contributed by atoms with Gasteiger partial charge in [0.2, 0.25) is 11.8 Å². The number of piperazine rings is 1. The van der Waals surface area contributed by atoms with Crippen LogP contribution in [0.5, 0.6) is 0 Å². The first-order valence-corrected chi connectivity index (χ1v) is 9.49. The van der Waals surface area contributed by atoms with Crippen LogP contribution in [-0.4, -0.2) is 49.4 Å². The fourth-order valence-corrected chi connectivity index (χ4v) is 3.58. The van der Waals surface area contributed by atoms with Crippen molar-refractivity contribution in [3.8, 4) is 0 Å². The summed E-state index contributed by atoms with van der Waals surface area (Å²) in [5, 5.41) is 0. The van der Waals surface area contributed by atoms with Crippen LogP contribution >= 0.6 is 0 Å². The molecule has 148 valence electrons. The second-order valence-electron chi connectivity index (χ2n) is 7.24. The van der Waals surface area contributed by atoms with E-state index >= 15 is 0 Å². The molecule has 3 rings (SSSR count). The monoisotopic (exact) mass is 383 g/mol. The summed E-state index contributed by atoms with van der Waals surface area (Å²) in [4.78, 5) is 30.5. The van der Waals surface area contributed by atoms with E-state index < -0.39 is 0 Å². The number of hydrogen-bond donors (Lipinski definition) is 0. The number of hydrogen-bond acceptors (Lipinski definition) is 3. The van der Waals surface area contributed by atoms with Crippen molar-refractivity contribution in [1.29, 1.82) is 0 Å². The summed E-state index contributed by atoms with van der Waals surface area (Å²) in [5.74, 6) is -0.465. The summed E-state index contributed by atoms with van der Waals surface area (Å²) < 4.78 is 13.1. The lowest BCUT2D eigenvalue weighted by molar-refractivity contribution is -0.131. The highest BCUT2D eigenvalue weighted by atomic mass is 19.1. The second kappa shape index (κ2) is 8.42. The normalized spacial score (nSPS) is 14.1. The number of rotatable bonds is 4. The van der Waals surface area contributed by atoms with E-state index in [2.05, 4.69) is 4.90 Å². The van der Waals surface area contributed by atoms with Crippen LogP contribution in [0.2, 0.25) is 0 Å². The lowest BCUT2D eigenvalue weighted by Crippen LogP contribution is -2.52. The molecule has 1 aliphatic heterocycles. The molecule has 0 aliphatic carbocycles. The lowest BCUT2D eigenvalue weighted by Gasteiger charge is -2.37. The van der Waals surface area contributed by atoms with Gasteiger partial charge in [-0.15, -0.1) is 0 Å². The summed E-state index contributed by atoms with van der Waals surface area (Å²) in [5.41, 5.74) is 3.82. The topological polar surface area (TPSA) is 43.9 Å². The maximum atomic E-state index is 13.1. The molecule has 1 fully saturated rings. The molecule has 0 radical (unpaired) electrons. The smallest absolute Gasteiger partial charge is 0.242 e. The van der Waals surface area contributed by atoms with Gasteiger partial charge in [-0.05, 0) is 49.7 Å². The molecule has 6 heteroatoms. The average molecular weight is 383 g/mol. The number of anilines is 2. The van der Waals surface area contributed by atoms with Gasteiger partial charge in [-0.1, -0.05) is 17.7 Å². The molecule has 0 N–H and O–H groups in total. The van der Waals surface area contributed by atoms with Crippen LogP contribution in [0.25, 0.3) is 0 Å². The number of amides is 2. The van der Waals surface area contributed by atoms with Crippen molar-refractivity contribution < 1.29 is 14.0 Å². The van der Waals surface area contributed by atoms with Gasteiger partial charge < -0.3 is 14.7 Å². The highest BCUT2D eigenvalue weighted by Gasteiger charge is 2.25. The molecule has 0 aromatic heterocycles. The molecule has 0 unspecified atom stereocenters. The van der Waals surface area contributed by atoms with Gasteiger partial charge in [-0.2, -0.15) is 0 Å². The van der Waals surface area contributed by atoms with Gasteiger partial charge in [0.25, 0.3) is 0 Å². The minimum Gasteiger partial charge on any atom is -0.368 e. The Balaban J connectivity index is 1.63. The van der Waals surface area contributed by atoms with Crippen LogP contribution in [0.4, 0.5) is 15.8 Å². The van der Waals surface area contributed by atoms with Crippen molar-refractivity contribution >= 4 is 23.2 Å². The predicted octanol–water partition coefficient (Wildman–Crippen LogP) is 3.14. The number of carbonyl (C=O) groups excluding carboxylic acids is 2. The van der Waals surface area contributed by atoms with E-state index in [1.165, 1.54) is 19.1 Å². The molecule has 0 bridgehead atoms. The molecular weight excluding hydrogens is 357 g/mol. The number of carbonyl (C=O) groups is 2. The Bertz CT molecular complexity index is 859. The van der Waals surface area contributed by atoms with Crippen LogP contribution in [0.3, 0.4) is 0 Å². The molecule has 2 aromatic carbocycles. The summed E-state index contributed by atoms with van der Waals surface area (Å²) in [6.07, 6.45) is 0. The summed E-state index contributed by atoms with van der Waals surface area (Å²) in [6, 6.07) is 12.3. The minimum atomic E-state index is -0.256. The van der Waals surface area contributed by atoms with Crippen molar-refractivity contribution in [2.45, 2.75) is 20.8 Å². The van der Waals surface area contributed by atoms with Gasteiger partial charge in [-0.25, -0.2) is 4.39 Å². The molecule has 0 atom stereocenters. The third kappa shape index (κ3) is 4.50. The van der Waals surface area contributed by atoms with Crippen molar-refractivity contribution in [1.82, 2.24) is 4.90 Å². The van der Waals surface area contributed by atoms with Crippen LogP contribution in [-0.2, 0) is 9.59 Å². The fraction of sp³-hybridized carbons (Fsp3) is 0.364. The SMILES string of the molecule is CC(=O)N(CC(=O)N1CCN(c2ccc(F)cc2)CC1)c1ccc(C)cc1C. The van der Waals surface area contributed by atoms with E-state index in [1.807, 2.05) is 32.0 Å². The van der Waals surface area contributed by atoms with Crippen LogP contribution in [0.15, 0.2) is 42.5 Å². The van der Waals surface area contributed by atoms with Crippen molar-refractivity contribution in [2.75, 3.05) is 42.5 Å². The highest BCUT2D eigenvalue weighted by Crippen LogP contribution is 2.22. The van der Waals surface area contributed by atoms with Gasteiger partial charge in [0.1, 0.15) is 12.4 Å². The Morgan fingerprint density at radius 3 is 2.21 bits per heavy atom. The molecule has 0 spiro atoms. The number of benzene rings is 2. The van der Waals surface area contributed by atoms with E-state index in [4.69, 9.17) is 0 Å². The number of halogens is 1. The van der Waals surface area contributed by atoms with E-state index in [0.29, 0.717) is 26.2 Å². The zero-order chi connectivity index (χ0) is 20.3. The summed E-state index contributed by atoms with van der Waals surface area (Å²) in [6.45, 7) is 7.99. The molecule has 5 nitrogen and oxygen atoms in total. The fourth-order valence-electron chi connectivity index (χ4n) is 3.58. The molecule has 2 aromatic rings. The maximum Gasteiger partial charge on any atom is 0.242 e. The van der Waals surface area contributed by atoms with Gasteiger partial charge in [-0.3, -0.25) is 9.59 Å². The zero-order valence-corrected chi connectivity index (χ0v) is 16.6. The second-order valence-corrected chi connectivity index (χ2v) is 7.24. The van der Waals surface area contributed by atoms with Gasteiger partial charge in [0.15, 0.2) is 0 Å². The highest BCUT2D eigenvalue weighted by molar-refractivity contribution is 5.98. The Labute approximate surface area is 165 Å². The molecule has 1 heterocycles. The number of aryl methyl sites for hydroxylation is 2. The van der Waals surface area contributed by atoms with Gasteiger partial charge >= 0.3 is 0 Å². The third-order valence-corrected chi connectivity index (χ3v) is 5.14. The molecule has 1 aliphatic rings. The van der Waals surface area contributed by atoms with Crippen molar-refractivity contribution in [3.05, 3.63) is 59.4 Å². The Hall–Kier alpha value is -2.89. The van der Waals surface area contributed by atoms with Gasteiger partial charge in [0.05, 0.1) is 0 Å². The third-order valence-electron chi connectivity index (χ3n) is 5.14. The lowest BCUT2D eigenvalue weighted by atomic mass is 10.1. The Kier molecular flexibility index (Phi) is 5.97. The summed E-state index contributed by atoms with van der Waals surface area (Å²) in [7, 11) is 0. The maximum absolute atomic E-state index is 13.1. The Morgan fingerprint density at radius 2 is 1.64 bits per heavy atom. The first-order valence-electron chi connectivity index (χ1n) is 9.49. The van der Waals surface area contributed by atoms with E-state index in [9.17, 15) is 14.0 Å². The first-order chi connectivity index (χ1) is 13.3. The first kappa shape index (κ1) is 19.9. The van der Waals surface area contributed by atoms with Crippen LogP contribution in [0, 0.1) is 19.7 Å². The van der Waals surface area contributed by atoms with Crippen LogP contribution < -0.4 is 9.80 Å². The Morgan fingerprint density at radius 1 is 1.00 bits per heavy atom. The van der Waals surface area contributed by atoms with E-state index in [0.717, 1.165) is 22.5 Å². The number of nitrogens with zero attached hydrogens (tertiary/aromatic N) is 3. The van der Waals surface area contributed by atoms with E-state index in [-0.39, 0.29) is 24.2 Å². The quantitative estimate of drug-likeness (QED) is 0.815. The minimum absolute atomic E-state index is 0.0375. The molecule has 28 heavy (non-hydrogen) atoms. The summed E-state index contributed by atoms with van der Waals surface area (Å²) >= 11 is 0. The van der Waals surface area contributed by atoms with Gasteiger partial charge in [0, 0.05) is 44.5 Å². The van der Waals surface area contributed by atoms with Crippen molar-refractivity contribution in [3.63, 3.8) is 0 Å². The average Bonchev–Trinajstić information content (AvgIpc) is 2.67. The zero-order valence-electron chi connectivity index (χ0n) is 16.6. The largest absolute Gasteiger partial charge is 0.368 e. The standard InChI is InChI=1S/C22H26FN3O2/c1-16-4-9-21(17(2)14-16)26(18(3)27)15-22(28)25-12-10-24(11-13-25)20-7-5-19(23)6-8-20/h4-9,14H,10-13,15H2,1-3H3.